The Bertz CT molecular complexity index is 1000. The van der Waals surface area contributed by atoms with Gasteiger partial charge >= 0.3 is 0 Å². The molecule has 1 heterocycles. The summed E-state index contributed by atoms with van der Waals surface area (Å²) in [4.78, 5) is 4.37. The number of ether oxygens (including phenoxy) is 1. The molecule has 0 unspecified atom stereocenters. The molecule has 0 N–H and O–H groups in total. The highest BCUT2D eigenvalue weighted by molar-refractivity contribution is 7.89. The molecule has 0 radical (unpaired) electrons. The summed E-state index contributed by atoms with van der Waals surface area (Å²) in [6.07, 6.45) is 0. The Morgan fingerprint density at radius 2 is 1.85 bits per heavy atom. The summed E-state index contributed by atoms with van der Waals surface area (Å²) >= 11 is 6.11. The molecular weight excluding hydrogens is 378 g/mol. The molecule has 0 saturated heterocycles. The summed E-state index contributed by atoms with van der Waals surface area (Å²) in [5.74, 6) is 1.05. The Labute approximate surface area is 156 Å². The maximum atomic E-state index is 12.6. The van der Waals surface area contributed by atoms with Crippen LogP contribution in [0.2, 0.25) is 5.02 Å². The second kappa shape index (κ2) is 7.45. The Hall–Kier alpha value is -2.42. The van der Waals surface area contributed by atoms with E-state index < -0.39 is 10.0 Å². The second-order valence-corrected chi connectivity index (χ2v) is 7.88. The van der Waals surface area contributed by atoms with E-state index in [1.54, 1.807) is 36.4 Å². The van der Waals surface area contributed by atoms with E-state index in [0.717, 1.165) is 4.31 Å². The van der Waals surface area contributed by atoms with E-state index in [1.165, 1.54) is 26.3 Å². The van der Waals surface area contributed by atoms with Gasteiger partial charge in [-0.05, 0) is 36.4 Å². The smallest absolute Gasteiger partial charge is 0.243 e. The Balaban J connectivity index is 1.79. The zero-order chi connectivity index (χ0) is 18.7. The van der Waals surface area contributed by atoms with Crippen molar-refractivity contribution in [2.24, 2.45) is 0 Å². The molecule has 9 heteroatoms. The van der Waals surface area contributed by atoms with Gasteiger partial charge in [0.1, 0.15) is 5.75 Å². The molecule has 7 nitrogen and oxygen atoms in total. The van der Waals surface area contributed by atoms with Crippen LogP contribution in [0, 0.1) is 0 Å². The van der Waals surface area contributed by atoms with Gasteiger partial charge in [-0.15, -0.1) is 0 Å². The molecule has 0 aliphatic rings. The van der Waals surface area contributed by atoms with Crippen LogP contribution in [0.5, 0.6) is 5.75 Å². The highest BCUT2D eigenvalue weighted by atomic mass is 35.5. The lowest BCUT2D eigenvalue weighted by molar-refractivity contribution is 0.336. The molecule has 3 aromatic rings. The lowest BCUT2D eigenvalue weighted by Crippen LogP contribution is -2.26. The lowest BCUT2D eigenvalue weighted by atomic mass is 10.2. The van der Waals surface area contributed by atoms with E-state index in [1.807, 2.05) is 0 Å². The Kier molecular flexibility index (Phi) is 5.26. The lowest BCUT2D eigenvalue weighted by Gasteiger charge is -2.15. The molecule has 0 aliphatic carbocycles. The topological polar surface area (TPSA) is 85.5 Å². The van der Waals surface area contributed by atoms with Gasteiger partial charge in [0.2, 0.25) is 21.7 Å². The first-order valence-corrected chi connectivity index (χ1v) is 9.41. The maximum Gasteiger partial charge on any atom is 0.243 e. The number of methoxy groups -OCH3 is 1. The molecule has 136 valence electrons. The van der Waals surface area contributed by atoms with Gasteiger partial charge in [0.15, 0.2) is 0 Å². The van der Waals surface area contributed by atoms with Gasteiger partial charge in [-0.1, -0.05) is 28.9 Å². The molecule has 0 atom stereocenters. The highest BCUT2D eigenvalue weighted by Crippen LogP contribution is 2.25. The van der Waals surface area contributed by atoms with E-state index >= 15 is 0 Å². The fourth-order valence-corrected chi connectivity index (χ4v) is 3.61. The maximum absolute atomic E-state index is 12.6. The Morgan fingerprint density at radius 1 is 1.15 bits per heavy atom. The molecule has 0 bridgehead atoms. The predicted molar refractivity (Wildman–Crippen MR) is 96.4 cm³/mol. The molecule has 0 saturated carbocycles. The number of hydrogen-bond donors (Lipinski definition) is 0. The van der Waals surface area contributed by atoms with Crippen molar-refractivity contribution in [2.75, 3.05) is 14.2 Å². The first-order valence-electron chi connectivity index (χ1n) is 7.59. The number of sulfonamides is 1. The minimum absolute atomic E-state index is 0.0637. The van der Waals surface area contributed by atoms with Gasteiger partial charge in [-0.2, -0.15) is 9.29 Å². The van der Waals surface area contributed by atoms with Gasteiger partial charge in [-0.3, -0.25) is 0 Å². The van der Waals surface area contributed by atoms with Crippen molar-refractivity contribution >= 4 is 21.6 Å². The van der Waals surface area contributed by atoms with Crippen molar-refractivity contribution in [1.82, 2.24) is 14.4 Å². The average molecular weight is 394 g/mol. The molecule has 0 aliphatic heterocycles. The van der Waals surface area contributed by atoms with Crippen LogP contribution in [0.25, 0.3) is 11.4 Å². The van der Waals surface area contributed by atoms with Crippen molar-refractivity contribution < 1.29 is 17.7 Å². The molecule has 3 rings (SSSR count). The molecule has 0 amide bonds. The Morgan fingerprint density at radius 3 is 2.50 bits per heavy atom. The minimum atomic E-state index is -3.70. The van der Waals surface area contributed by atoms with Crippen LogP contribution in [-0.2, 0) is 16.6 Å². The first kappa shape index (κ1) is 18.4. The number of benzene rings is 2. The van der Waals surface area contributed by atoms with E-state index in [0.29, 0.717) is 22.2 Å². The summed E-state index contributed by atoms with van der Waals surface area (Å²) in [5, 5.41) is 4.35. The number of hydrogen-bond acceptors (Lipinski definition) is 6. The van der Waals surface area contributed by atoms with Crippen LogP contribution in [0.1, 0.15) is 5.89 Å². The molecule has 1 aromatic heterocycles. The zero-order valence-corrected chi connectivity index (χ0v) is 15.7. The van der Waals surface area contributed by atoms with Gasteiger partial charge in [0, 0.05) is 12.6 Å². The summed E-state index contributed by atoms with van der Waals surface area (Å²) in [6, 6.07) is 13.2. The van der Waals surface area contributed by atoms with Crippen LogP contribution in [0.15, 0.2) is 57.9 Å². The number of rotatable bonds is 6. The monoisotopic (exact) mass is 393 g/mol. The average Bonchev–Trinajstić information content (AvgIpc) is 3.10. The van der Waals surface area contributed by atoms with Crippen LogP contribution >= 0.6 is 11.6 Å². The molecular formula is C17H16ClN3O4S. The number of halogens is 1. The fraction of sp³-hybridized carbons (Fsp3) is 0.176. The largest absolute Gasteiger partial charge is 0.497 e. The third kappa shape index (κ3) is 3.72. The molecule has 2 aromatic carbocycles. The standard InChI is InChI=1S/C17H16ClN3O4S/c1-21(26(22,23)13-9-7-12(24-2)8-10-13)11-16-19-17(20-25-16)14-5-3-4-6-15(14)18/h3-10H,11H2,1-2H3. The summed E-state index contributed by atoms with van der Waals surface area (Å²) < 4.78 is 36.6. The molecule has 0 fully saturated rings. The predicted octanol–water partition coefficient (Wildman–Crippen LogP) is 3.22. The number of nitrogens with zero attached hydrogens (tertiary/aromatic N) is 3. The van der Waals surface area contributed by atoms with E-state index in [9.17, 15) is 8.42 Å². The van der Waals surface area contributed by atoms with Gasteiger partial charge in [0.05, 0.1) is 23.6 Å². The van der Waals surface area contributed by atoms with Crippen molar-refractivity contribution in [3.63, 3.8) is 0 Å². The van der Waals surface area contributed by atoms with Gasteiger partial charge < -0.3 is 9.26 Å². The van der Waals surface area contributed by atoms with Crippen molar-refractivity contribution in [3.05, 3.63) is 59.4 Å². The molecule has 26 heavy (non-hydrogen) atoms. The van der Waals surface area contributed by atoms with Gasteiger partial charge in [0.25, 0.3) is 0 Å². The zero-order valence-electron chi connectivity index (χ0n) is 14.1. The summed E-state index contributed by atoms with van der Waals surface area (Å²) in [6.45, 7) is -0.0637. The fourth-order valence-electron chi connectivity index (χ4n) is 2.27. The third-order valence-corrected chi connectivity index (χ3v) is 5.86. The second-order valence-electron chi connectivity index (χ2n) is 5.43. The number of aromatic nitrogens is 2. The van der Waals surface area contributed by atoms with E-state index in [-0.39, 0.29) is 17.3 Å². The highest BCUT2D eigenvalue weighted by Gasteiger charge is 2.23. The van der Waals surface area contributed by atoms with Crippen LogP contribution in [-0.4, -0.2) is 37.0 Å². The molecule has 0 spiro atoms. The van der Waals surface area contributed by atoms with Crippen molar-refractivity contribution in [2.45, 2.75) is 11.4 Å². The van der Waals surface area contributed by atoms with Crippen molar-refractivity contribution in [1.29, 1.82) is 0 Å². The first-order chi connectivity index (χ1) is 12.4. The van der Waals surface area contributed by atoms with E-state index in [4.69, 9.17) is 20.9 Å². The SMILES string of the molecule is COc1ccc(S(=O)(=O)N(C)Cc2nc(-c3ccccc3Cl)no2)cc1. The van der Waals surface area contributed by atoms with Crippen LogP contribution < -0.4 is 4.74 Å². The van der Waals surface area contributed by atoms with Crippen molar-refractivity contribution in [3.8, 4) is 17.1 Å². The normalized spacial score (nSPS) is 11.7. The van der Waals surface area contributed by atoms with Crippen LogP contribution in [0.4, 0.5) is 0 Å². The summed E-state index contributed by atoms with van der Waals surface area (Å²) in [5.41, 5.74) is 0.616. The van der Waals surface area contributed by atoms with Gasteiger partial charge in [-0.25, -0.2) is 8.42 Å². The third-order valence-electron chi connectivity index (χ3n) is 3.71. The van der Waals surface area contributed by atoms with E-state index in [2.05, 4.69) is 10.1 Å². The minimum Gasteiger partial charge on any atom is -0.497 e. The van der Waals surface area contributed by atoms with Crippen LogP contribution in [0.3, 0.4) is 0 Å². The quantitative estimate of drug-likeness (QED) is 0.639. The summed E-state index contributed by atoms with van der Waals surface area (Å²) in [7, 11) is -0.743.